The Kier molecular flexibility index (Phi) is 7.85. The first-order chi connectivity index (χ1) is 10.6. The zero-order valence-corrected chi connectivity index (χ0v) is 12.9. The second kappa shape index (κ2) is 9.68. The lowest BCUT2D eigenvalue weighted by Gasteiger charge is -2.17. The topological polar surface area (TPSA) is 84.5 Å². The Balaban J connectivity index is 2.62. The number of Topliss-reactive ketones (excluding diaryl/α,β-unsaturated/α-hetero) is 1. The Bertz CT molecular complexity index is 502. The van der Waals surface area contributed by atoms with E-state index in [1.54, 1.807) is 37.3 Å². The van der Waals surface area contributed by atoms with Crippen molar-refractivity contribution in [3.8, 4) is 0 Å². The van der Waals surface area contributed by atoms with Crippen molar-refractivity contribution in [3.05, 3.63) is 35.9 Å². The number of hydrazine groups is 1. The van der Waals surface area contributed by atoms with Crippen LogP contribution in [0.25, 0.3) is 0 Å². The molecule has 0 saturated heterocycles. The Labute approximate surface area is 130 Å². The maximum absolute atomic E-state index is 11.9. The molecule has 0 saturated carbocycles. The average Bonchev–Trinajstić information content (AvgIpc) is 2.52. The van der Waals surface area contributed by atoms with Gasteiger partial charge in [0.15, 0.2) is 0 Å². The lowest BCUT2D eigenvalue weighted by molar-refractivity contribution is -0.147. The van der Waals surface area contributed by atoms with Gasteiger partial charge in [0, 0.05) is 18.4 Å². The predicted molar refractivity (Wildman–Crippen MR) is 82.0 cm³/mol. The summed E-state index contributed by atoms with van der Waals surface area (Å²) in [5.41, 5.74) is 5.50. The zero-order valence-electron chi connectivity index (χ0n) is 12.9. The van der Waals surface area contributed by atoms with Crippen LogP contribution in [0.5, 0.6) is 0 Å². The molecule has 120 valence electrons. The monoisotopic (exact) mass is 306 g/mol. The first-order valence-electron chi connectivity index (χ1n) is 7.37. The number of carbonyl (C=O) groups excluding carboxylic acids is 3. The average molecular weight is 306 g/mol. The highest BCUT2D eigenvalue weighted by Gasteiger charge is 2.23. The number of ether oxygens (including phenoxy) is 1. The molecular formula is C16H22N2O4. The third-order valence-corrected chi connectivity index (χ3v) is 2.93. The van der Waals surface area contributed by atoms with Gasteiger partial charge in [-0.1, -0.05) is 25.1 Å². The fourth-order valence-corrected chi connectivity index (χ4v) is 1.86. The zero-order chi connectivity index (χ0) is 16.4. The minimum atomic E-state index is -0.883. The normalized spacial score (nSPS) is 11.5. The molecule has 1 aromatic rings. The molecule has 0 aliphatic rings. The van der Waals surface area contributed by atoms with Crippen molar-refractivity contribution < 1.29 is 19.1 Å². The van der Waals surface area contributed by atoms with Gasteiger partial charge < -0.3 is 4.74 Å². The first kappa shape index (κ1) is 17.8. The molecule has 0 aromatic heterocycles. The molecule has 0 heterocycles. The summed E-state index contributed by atoms with van der Waals surface area (Å²) in [5, 5.41) is 0. The maximum atomic E-state index is 11.9. The predicted octanol–water partition coefficient (Wildman–Crippen LogP) is 1.61. The number of ketones is 1. The third kappa shape index (κ3) is 6.05. The van der Waals surface area contributed by atoms with Crippen LogP contribution in [0.3, 0.4) is 0 Å². The molecular weight excluding hydrogens is 284 g/mol. The molecule has 22 heavy (non-hydrogen) atoms. The molecule has 0 radical (unpaired) electrons. The summed E-state index contributed by atoms with van der Waals surface area (Å²) in [6.45, 7) is 3.79. The van der Waals surface area contributed by atoms with E-state index in [-0.39, 0.29) is 24.7 Å². The van der Waals surface area contributed by atoms with Crippen LogP contribution in [0.15, 0.2) is 30.3 Å². The van der Waals surface area contributed by atoms with Gasteiger partial charge in [-0.25, -0.2) is 5.43 Å². The van der Waals surface area contributed by atoms with Gasteiger partial charge in [0.05, 0.1) is 6.61 Å². The van der Waals surface area contributed by atoms with E-state index in [0.29, 0.717) is 18.4 Å². The second-order valence-corrected chi connectivity index (χ2v) is 4.76. The van der Waals surface area contributed by atoms with Gasteiger partial charge in [-0.15, -0.1) is 0 Å². The molecule has 1 aromatic carbocycles. The Morgan fingerprint density at radius 2 is 1.82 bits per heavy atom. The lowest BCUT2D eigenvalue weighted by Crippen LogP contribution is -2.49. The van der Waals surface area contributed by atoms with Crippen LogP contribution in [0.2, 0.25) is 0 Å². The van der Waals surface area contributed by atoms with Gasteiger partial charge in [0.25, 0.3) is 5.91 Å². The molecule has 1 atom stereocenters. The largest absolute Gasteiger partial charge is 0.465 e. The van der Waals surface area contributed by atoms with E-state index in [2.05, 4.69) is 10.9 Å². The number of esters is 1. The number of rotatable bonds is 9. The van der Waals surface area contributed by atoms with Crippen molar-refractivity contribution in [1.29, 1.82) is 0 Å². The molecule has 0 aliphatic carbocycles. The summed E-state index contributed by atoms with van der Waals surface area (Å²) in [5.74, 6) is -0.986. The SMILES string of the molecule is CCCC(=O)C[C@@H](NNC(=O)c1ccccc1)C(=O)OCC. The van der Waals surface area contributed by atoms with Gasteiger partial charge in [-0.3, -0.25) is 19.8 Å². The number of benzene rings is 1. The Morgan fingerprint density at radius 3 is 2.41 bits per heavy atom. The van der Waals surface area contributed by atoms with Crippen molar-refractivity contribution in [3.63, 3.8) is 0 Å². The Hall–Kier alpha value is -2.21. The highest BCUT2D eigenvalue weighted by molar-refractivity contribution is 5.94. The summed E-state index contributed by atoms with van der Waals surface area (Å²) in [6.07, 6.45) is 1.09. The van der Waals surface area contributed by atoms with E-state index in [1.165, 1.54) is 0 Å². The van der Waals surface area contributed by atoms with E-state index < -0.39 is 12.0 Å². The second-order valence-electron chi connectivity index (χ2n) is 4.76. The minimum absolute atomic E-state index is 0.0122. The van der Waals surface area contributed by atoms with Crippen molar-refractivity contribution in [1.82, 2.24) is 10.9 Å². The van der Waals surface area contributed by atoms with Crippen molar-refractivity contribution in [2.24, 2.45) is 0 Å². The summed E-state index contributed by atoms with van der Waals surface area (Å²) in [6, 6.07) is 7.70. The standard InChI is InChI=1S/C16H22N2O4/c1-3-8-13(19)11-14(16(21)22-4-2)17-18-15(20)12-9-6-5-7-10-12/h5-7,9-10,14,17H,3-4,8,11H2,1-2H3,(H,18,20)/t14-/m1/s1. The van der Waals surface area contributed by atoms with Crippen LogP contribution in [0.1, 0.15) is 43.5 Å². The smallest absolute Gasteiger partial charge is 0.325 e. The highest BCUT2D eigenvalue weighted by atomic mass is 16.5. The fraction of sp³-hybridized carbons (Fsp3) is 0.438. The van der Waals surface area contributed by atoms with E-state index >= 15 is 0 Å². The number of hydrogen-bond donors (Lipinski definition) is 2. The molecule has 1 amide bonds. The van der Waals surface area contributed by atoms with Crippen LogP contribution in [0, 0.1) is 0 Å². The van der Waals surface area contributed by atoms with Crippen LogP contribution in [-0.4, -0.2) is 30.3 Å². The van der Waals surface area contributed by atoms with Crippen molar-refractivity contribution in [2.75, 3.05) is 6.61 Å². The summed E-state index contributed by atoms with van der Waals surface area (Å²) in [7, 11) is 0. The third-order valence-electron chi connectivity index (χ3n) is 2.93. The van der Waals surface area contributed by atoms with Crippen LogP contribution in [0.4, 0.5) is 0 Å². The van der Waals surface area contributed by atoms with E-state index in [1.807, 2.05) is 6.92 Å². The molecule has 6 heteroatoms. The minimum Gasteiger partial charge on any atom is -0.465 e. The van der Waals surface area contributed by atoms with Gasteiger partial charge >= 0.3 is 5.97 Å². The molecule has 0 bridgehead atoms. The van der Waals surface area contributed by atoms with E-state index in [4.69, 9.17) is 4.74 Å². The highest BCUT2D eigenvalue weighted by Crippen LogP contribution is 2.02. The van der Waals surface area contributed by atoms with E-state index in [9.17, 15) is 14.4 Å². The van der Waals surface area contributed by atoms with Gasteiger partial charge in [-0.2, -0.15) is 0 Å². The molecule has 0 spiro atoms. The van der Waals surface area contributed by atoms with E-state index in [0.717, 1.165) is 0 Å². The molecule has 6 nitrogen and oxygen atoms in total. The van der Waals surface area contributed by atoms with Crippen molar-refractivity contribution in [2.45, 2.75) is 39.2 Å². The number of carbonyl (C=O) groups is 3. The van der Waals surface area contributed by atoms with Crippen LogP contribution >= 0.6 is 0 Å². The maximum Gasteiger partial charge on any atom is 0.325 e. The van der Waals surface area contributed by atoms with Crippen molar-refractivity contribution >= 4 is 17.7 Å². The molecule has 0 aliphatic heterocycles. The van der Waals surface area contributed by atoms with Crippen LogP contribution < -0.4 is 10.9 Å². The number of hydrogen-bond acceptors (Lipinski definition) is 5. The van der Waals surface area contributed by atoms with Crippen LogP contribution in [-0.2, 0) is 14.3 Å². The van der Waals surface area contributed by atoms with Gasteiger partial charge in [-0.05, 0) is 25.5 Å². The quantitative estimate of drug-likeness (QED) is 0.535. The fourth-order valence-electron chi connectivity index (χ4n) is 1.86. The summed E-state index contributed by atoms with van der Waals surface area (Å²) < 4.78 is 4.92. The summed E-state index contributed by atoms with van der Waals surface area (Å²) in [4.78, 5) is 35.5. The summed E-state index contributed by atoms with van der Waals surface area (Å²) >= 11 is 0. The first-order valence-corrected chi connectivity index (χ1v) is 7.37. The Morgan fingerprint density at radius 1 is 1.14 bits per heavy atom. The molecule has 0 fully saturated rings. The number of amides is 1. The van der Waals surface area contributed by atoms with Gasteiger partial charge in [0.1, 0.15) is 11.8 Å². The molecule has 1 rings (SSSR count). The lowest BCUT2D eigenvalue weighted by atomic mass is 10.1. The molecule has 0 unspecified atom stereocenters. The van der Waals surface area contributed by atoms with Gasteiger partial charge in [0.2, 0.25) is 0 Å². The number of nitrogens with one attached hydrogen (secondary N) is 2. The molecule has 2 N–H and O–H groups in total.